The Morgan fingerprint density at radius 2 is 1.92 bits per heavy atom. The third kappa shape index (κ3) is 5.33. The quantitative estimate of drug-likeness (QED) is 0.406. The van der Waals surface area contributed by atoms with E-state index in [1.165, 1.54) is 6.07 Å². The van der Waals surface area contributed by atoms with Gasteiger partial charge in [0.2, 0.25) is 5.91 Å². The molecule has 2 rings (SSSR count). The Balaban J connectivity index is 1.80. The van der Waals surface area contributed by atoms with E-state index in [1.54, 1.807) is 18.2 Å². The van der Waals surface area contributed by atoms with Crippen LogP contribution in [0.3, 0.4) is 0 Å². The minimum Gasteiger partial charge on any atom is -0.366 e. The summed E-state index contributed by atoms with van der Waals surface area (Å²) in [6.45, 7) is 3.68. The first kappa shape index (κ1) is 19.5. The SMILES string of the molecule is CCCCNC(=O)NNC(=O)C1CCN(c2ccccc2[N+](=O)[O-])CC1. The van der Waals surface area contributed by atoms with Crippen molar-refractivity contribution in [1.29, 1.82) is 0 Å². The average Bonchev–Trinajstić information content (AvgIpc) is 2.66. The molecule has 9 heteroatoms. The summed E-state index contributed by atoms with van der Waals surface area (Å²) in [5, 5.41) is 13.8. The summed E-state index contributed by atoms with van der Waals surface area (Å²) in [6, 6.07) is 6.18. The van der Waals surface area contributed by atoms with Crippen LogP contribution in [0.15, 0.2) is 24.3 Å². The topological polar surface area (TPSA) is 117 Å². The highest BCUT2D eigenvalue weighted by molar-refractivity contribution is 5.82. The largest absolute Gasteiger partial charge is 0.366 e. The molecule has 1 aliphatic rings. The van der Waals surface area contributed by atoms with E-state index < -0.39 is 11.0 Å². The Morgan fingerprint density at radius 3 is 2.58 bits per heavy atom. The number of piperidine rings is 1. The molecule has 0 spiro atoms. The van der Waals surface area contributed by atoms with Crippen LogP contribution in [0.4, 0.5) is 16.2 Å². The van der Waals surface area contributed by atoms with Crippen LogP contribution in [0.25, 0.3) is 0 Å². The van der Waals surface area contributed by atoms with Gasteiger partial charge in [-0.1, -0.05) is 25.5 Å². The lowest BCUT2D eigenvalue weighted by Crippen LogP contribution is -2.50. The molecule has 1 aromatic carbocycles. The van der Waals surface area contributed by atoms with Gasteiger partial charge >= 0.3 is 6.03 Å². The second-order valence-corrected chi connectivity index (χ2v) is 6.23. The number of urea groups is 1. The summed E-state index contributed by atoms with van der Waals surface area (Å²) >= 11 is 0. The van der Waals surface area contributed by atoms with Gasteiger partial charge in [-0.2, -0.15) is 0 Å². The summed E-state index contributed by atoms with van der Waals surface area (Å²) in [4.78, 5) is 36.4. The van der Waals surface area contributed by atoms with Crippen molar-refractivity contribution in [3.8, 4) is 0 Å². The molecule has 1 saturated heterocycles. The first-order chi connectivity index (χ1) is 12.5. The third-order valence-electron chi connectivity index (χ3n) is 4.40. The molecule has 1 fully saturated rings. The fraction of sp³-hybridized carbons (Fsp3) is 0.529. The lowest BCUT2D eigenvalue weighted by atomic mass is 9.95. The third-order valence-corrected chi connectivity index (χ3v) is 4.40. The van der Waals surface area contributed by atoms with Crippen LogP contribution in [0.5, 0.6) is 0 Å². The van der Waals surface area contributed by atoms with E-state index in [-0.39, 0.29) is 17.5 Å². The molecular formula is C17H25N5O4. The summed E-state index contributed by atoms with van der Waals surface area (Å²) < 4.78 is 0. The number of hydrogen-bond donors (Lipinski definition) is 3. The zero-order valence-corrected chi connectivity index (χ0v) is 14.9. The number of nitro benzene ring substituents is 1. The van der Waals surface area contributed by atoms with Crippen LogP contribution < -0.4 is 21.1 Å². The molecular weight excluding hydrogens is 338 g/mol. The molecule has 0 unspecified atom stereocenters. The Morgan fingerprint density at radius 1 is 1.23 bits per heavy atom. The number of carbonyl (C=O) groups excluding carboxylic acids is 2. The van der Waals surface area contributed by atoms with E-state index in [0.29, 0.717) is 38.2 Å². The van der Waals surface area contributed by atoms with Gasteiger partial charge in [0.15, 0.2) is 0 Å². The average molecular weight is 363 g/mol. The lowest BCUT2D eigenvalue weighted by Gasteiger charge is -2.32. The fourth-order valence-electron chi connectivity index (χ4n) is 2.91. The molecule has 26 heavy (non-hydrogen) atoms. The maximum absolute atomic E-state index is 12.2. The Labute approximate surface area is 152 Å². The highest BCUT2D eigenvalue weighted by atomic mass is 16.6. The molecule has 3 amide bonds. The number of amides is 3. The monoisotopic (exact) mass is 363 g/mol. The number of benzene rings is 1. The molecule has 9 nitrogen and oxygen atoms in total. The van der Waals surface area contributed by atoms with Crippen LogP contribution in [0, 0.1) is 16.0 Å². The van der Waals surface area contributed by atoms with E-state index in [1.807, 2.05) is 11.8 Å². The maximum atomic E-state index is 12.2. The van der Waals surface area contributed by atoms with Crippen molar-refractivity contribution in [3.63, 3.8) is 0 Å². The van der Waals surface area contributed by atoms with Crippen molar-refractivity contribution in [2.75, 3.05) is 24.5 Å². The molecule has 0 bridgehead atoms. The second kappa shape index (κ2) is 9.59. The number of hydrogen-bond acceptors (Lipinski definition) is 5. The number of nitrogens with one attached hydrogen (secondary N) is 3. The predicted molar refractivity (Wildman–Crippen MR) is 97.6 cm³/mol. The van der Waals surface area contributed by atoms with Gasteiger partial charge < -0.3 is 10.2 Å². The van der Waals surface area contributed by atoms with Gasteiger partial charge in [0, 0.05) is 31.6 Å². The number of nitrogens with zero attached hydrogens (tertiary/aromatic N) is 2. The molecule has 3 N–H and O–H groups in total. The number of anilines is 1. The summed E-state index contributed by atoms with van der Waals surface area (Å²) in [7, 11) is 0. The Hall–Kier alpha value is -2.84. The zero-order chi connectivity index (χ0) is 18.9. The van der Waals surface area contributed by atoms with Crippen molar-refractivity contribution in [2.45, 2.75) is 32.6 Å². The van der Waals surface area contributed by atoms with E-state index in [9.17, 15) is 19.7 Å². The van der Waals surface area contributed by atoms with Crippen molar-refractivity contribution in [2.24, 2.45) is 5.92 Å². The number of carbonyl (C=O) groups is 2. The van der Waals surface area contributed by atoms with E-state index in [4.69, 9.17) is 0 Å². The van der Waals surface area contributed by atoms with Gasteiger partial charge in [-0.25, -0.2) is 10.2 Å². The Bertz CT molecular complexity index is 644. The van der Waals surface area contributed by atoms with Crippen LogP contribution in [0.2, 0.25) is 0 Å². The minimum absolute atomic E-state index is 0.0702. The van der Waals surface area contributed by atoms with Crippen molar-refractivity contribution in [1.82, 2.24) is 16.2 Å². The molecule has 1 aliphatic heterocycles. The van der Waals surface area contributed by atoms with Crippen molar-refractivity contribution >= 4 is 23.3 Å². The summed E-state index contributed by atoms with van der Waals surface area (Å²) in [5.41, 5.74) is 5.43. The second-order valence-electron chi connectivity index (χ2n) is 6.23. The Kier molecular flexibility index (Phi) is 7.19. The van der Waals surface area contributed by atoms with Gasteiger partial charge in [0.25, 0.3) is 5.69 Å². The normalized spacial score (nSPS) is 14.6. The van der Waals surface area contributed by atoms with Crippen molar-refractivity contribution < 1.29 is 14.5 Å². The first-order valence-corrected chi connectivity index (χ1v) is 8.85. The van der Waals surface area contributed by atoms with Crippen LogP contribution in [0.1, 0.15) is 32.6 Å². The van der Waals surface area contributed by atoms with Crippen LogP contribution in [-0.2, 0) is 4.79 Å². The number of rotatable bonds is 6. The van der Waals surface area contributed by atoms with Gasteiger partial charge in [0.05, 0.1) is 4.92 Å². The van der Waals surface area contributed by atoms with E-state index in [0.717, 1.165) is 12.8 Å². The smallest absolute Gasteiger partial charge is 0.333 e. The highest BCUT2D eigenvalue weighted by Crippen LogP contribution is 2.31. The maximum Gasteiger partial charge on any atom is 0.333 e. The van der Waals surface area contributed by atoms with E-state index in [2.05, 4.69) is 16.2 Å². The zero-order valence-electron chi connectivity index (χ0n) is 14.9. The lowest BCUT2D eigenvalue weighted by molar-refractivity contribution is -0.384. The highest BCUT2D eigenvalue weighted by Gasteiger charge is 2.28. The van der Waals surface area contributed by atoms with Gasteiger partial charge in [-0.05, 0) is 25.3 Å². The molecule has 0 saturated carbocycles. The molecule has 1 aromatic rings. The molecule has 1 heterocycles. The molecule has 0 aliphatic carbocycles. The van der Waals surface area contributed by atoms with Gasteiger partial charge in [0.1, 0.15) is 5.69 Å². The number of unbranched alkanes of at least 4 members (excludes halogenated alkanes) is 1. The summed E-state index contributed by atoms with van der Waals surface area (Å²) in [5.74, 6) is -0.470. The van der Waals surface area contributed by atoms with Gasteiger partial charge in [-0.3, -0.25) is 20.3 Å². The summed E-state index contributed by atoms with van der Waals surface area (Å²) in [6.07, 6.45) is 2.99. The van der Waals surface area contributed by atoms with Crippen molar-refractivity contribution in [3.05, 3.63) is 34.4 Å². The molecule has 142 valence electrons. The number of para-hydroxylation sites is 2. The standard InChI is InChI=1S/C17H25N5O4/c1-2-3-10-18-17(24)20-19-16(23)13-8-11-21(12-9-13)14-6-4-5-7-15(14)22(25)26/h4-7,13H,2-3,8-12H2,1H3,(H,19,23)(H2,18,20,24). The minimum atomic E-state index is -0.427. The van der Waals surface area contributed by atoms with E-state index >= 15 is 0 Å². The number of hydrazine groups is 1. The number of nitro groups is 1. The molecule has 0 aromatic heterocycles. The van der Waals surface area contributed by atoms with Crippen LogP contribution >= 0.6 is 0 Å². The fourth-order valence-corrected chi connectivity index (χ4v) is 2.91. The molecule has 0 radical (unpaired) electrons. The van der Waals surface area contributed by atoms with Gasteiger partial charge in [-0.15, -0.1) is 0 Å². The molecule has 0 atom stereocenters. The predicted octanol–water partition coefficient (Wildman–Crippen LogP) is 1.94. The first-order valence-electron chi connectivity index (χ1n) is 8.85. The van der Waals surface area contributed by atoms with Crippen LogP contribution in [-0.4, -0.2) is 36.5 Å².